The third-order valence-electron chi connectivity index (χ3n) is 8.44. The summed E-state index contributed by atoms with van der Waals surface area (Å²) >= 11 is 0. The minimum Gasteiger partial charge on any atom is -0.503 e. The Balaban J connectivity index is 1.38. The van der Waals surface area contributed by atoms with Gasteiger partial charge in [0.05, 0.1) is 13.0 Å². The monoisotopic (exact) mass is 634 g/mol. The van der Waals surface area contributed by atoms with E-state index < -0.39 is 36.7 Å². The molecule has 0 fully saturated rings. The van der Waals surface area contributed by atoms with Crippen LogP contribution in [0.5, 0.6) is 5.75 Å². The number of hydrogen-bond acceptors (Lipinski definition) is 8. The summed E-state index contributed by atoms with van der Waals surface area (Å²) in [6.45, 7) is 1.54. The first-order chi connectivity index (χ1) is 22.8. The molecule has 1 aliphatic heterocycles. The van der Waals surface area contributed by atoms with Crippen LogP contribution in [0.15, 0.2) is 107 Å². The number of aliphatic hydroxyl groups excluding tert-OH is 2. The molecule has 0 aliphatic carbocycles. The smallest absolute Gasteiger partial charge is 0.307 e. The molecule has 1 amide bonds. The van der Waals surface area contributed by atoms with E-state index in [2.05, 4.69) is 4.98 Å². The van der Waals surface area contributed by atoms with Crippen molar-refractivity contribution in [3.05, 3.63) is 125 Å². The summed E-state index contributed by atoms with van der Waals surface area (Å²) in [6.07, 6.45) is 3.48. The van der Waals surface area contributed by atoms with Gasteiger partial charge >= 0.3 is 5.97 Å². The Morgan fingerprint density at radius 1 is 0.979 bits per heavy atom. The summed E-state index contributed by atoms with van der Waals surface area (Å²) in [6, 6.07) is 26.4. The molecule has 6 rings (SSSR count). The normalized spacial score (nSPS) is 14.5. The molecular weight excluding hydrogens is 600 g/mol. The zero-order chi connectivity index (χ0) is 32.9. The number of carbonyl (C=O) groups is 2. The second-order valence-electron chi connectivity index (χ2n) is 11.5. The number of aliphatic hydroxyl groups is 2. The summed E-state index contributed by atoms with van der Waals surface area (Å²) in [5, 5.41) is 32.3. The zero-order valence-electron chi connectivity index (χ0n) is 25.7. The molecule has 0 spiro atoms. The van der Waals surface area contributed by atoms with Crippen LogP contribution in [0.4, 0.5) is 0 Å². The van der Waals surface area contributed by atoms with Crippen LogP contribution >= 0.6 is 0 Å². The Morgan fingerprint density at radius 3 is 2.55 bits per heavy atom. The van der Waals surface area contributed by atoms with Gasteiger partial charge in [0.1, 0.15) is 12.1 Å². The van der Waals surface area contributed by atoms with E-state index in [9.17, 15) is 24.9 Å². The number of aliphatic carboxylic acids is 1. The maximum absolute atomic E-state index is 14.1. The van der Waals surface area contributed by atoms with Crippen LogP contribution in [-0.4, -0.2) is 49.7 Å². The predicted octanol–water partition coefficient (Wildman–Crippen LogP) is 6.69. The highest BCUT2D eigenvalue weighted by atomic mass is 17.2. The number of allylic oxidation sites excluding steroid dienone is 1. The number of oxazole rings is 1. The van der Waals surface area contributed by atoms with Crippen molar-refractivity contribution in [2.75, 3.05) is 6.61 Å². The number of amides is 1. The Hall–Kier alpha value is -5.45. The van der Waals surface area contributed by atoms with Crippen molar-refractivity contribution < 1.29 is 39.1 Å². The number of aromatic nitrogens is 1. The van der Waals surface area contributed by atoms with Gasteiger partial charge in [-0.05, 0) is 65.6 Å². The SMILES string of the molecule is C[C@H]([C@H](C/C=C/c1nc2ccccc2o1)c1ccc2c(c1)OOC2)N(Cc1ccc2ccccc2c1)C(=O)/C(O)=C(\CO)CC(=O)O. The first-order valence-corrected chi connectivity index (χ1v) is 15.3. The molecule has 3 N–H and O–H groups in total. The van der Waals surface area contributed by atoms with Crippen molar-refractivity contribution in [3.8, 4) is 5.75 Å². The predicted molar refractivity (Wildman–Crippen MR) is 175 cm³/mol. The van der Waals surface area contributed by atoms with Gasteiger partial charge in [-0.2, -0.15) is 4.89 Å². The molecule has 0 unspecified atom stereocenters. The molecule has 1 aliphatic rings. The van der Waals surface area contributed by atoms with Crippen molar-refractivity contribution in [1.82, 2.24) is 9.88 Å². The Labute approximate surface area is 270 Å². The lowest BCUT2D eigenvalue weighted by atomic mass is 9.87. The molecule has 0 radical (unpaired) electrons. The molecule has 5 aromatic rings. The molecule has 1 aromatic heterocycles. The van der Waals surface area contributed by atoms with Crippen LogP contribution in [0.3, 0.4) is 0 Å². The highest BCUT2D eigenvalue weighted by Gasteiger charge is 2.32. The molecule has 2 atom stereocenters. The fraction of sp³-hybridized carbons (Fsp3) is 0.216. The lowest BCUT2D eigenvalue weighted by molar-refractivity contribution is -0.194. The highest BCUT2D eigenvalue weighted by molar-refractivity contribution is 5.93. The van der Waals surface area contributed by atoms with Crippen molar-refractivity contribution in [1.29, 1.82) is 0 Å². The van der Waals surface area contributed by atoms with Gasteiger partial charge in [0.2, 0.25) is 5.89 Å². The number of fused-ring (bicyclic) bond motifs is 3. The van der Waals surface area contributed by atoms with Gasteiger partial charge in [0.15, 0.2) is 17.1 Å². The van der Waals surface area contributed by atoms with Gasteiger partial charge in [-0.15, -0.1) is 0 Å². The molecular formula is C37H34N2O8. The first kappa shape index (κ1) is 31.5. The first-order valence-electron chi connectivity index (χ1n) is 15.3. The van der Waals surface area contributed by atoms with Gasteiger partial charge in [-0.25, -0.2) is 4.98 Å². The number of hydrogen-bond donors (Lipinski definition) is 3. The number of para-hydroxylation sites is 2. The van der Waals surface area contributed by atoms with Crippen molar-refractivity contribution in [2.24, 2.45) is 0 Å². The molecule has 0 saturated carbocycles. The molecule has 10 heteroatoms. The molecule has 2 heterocycles. The molecule has 10 nitrogen and oxygen atoms in total. The van der Waals surface area contributed by atoms with Crippen LogP contribution in [0.2, 0.25) is 0 Å². The molecule has 240 valence electrons. The Kier molecular flexibility index (Phi) is 9.32. The van der Waals surface area contributed by atoms with Crippen LogP contribution in [0.25, 0.3) is 27.9 Å². The van der Waals surface area contributed by atoms with Crippen LogP contribution < -0.4 is 4.89 Å². The standard InChI is InChI=1S/C37H34N2O8/c1-23(39(37(44)36(43)29(21-40)19-35(41)42)20-24-13-14-25-7-2-3-8-26(25)17-24)30(27-15-16-28-22-45-47-33(28)18-27)9-6-12-34-38-31-10-4-5-11-32(31)46-34/h2-8,10-18,23,30,40,43H,9,19-22H2,1H3,(H,41,42)/b12-6+,36-29+/t23-,30+/m1/s1. The van der Waals surface area contributed by atoms with Crippen LogP contribution in [-0.2, 0) is 27.6 Å². The zero-order valence-corrected chi connectivity index (χ0v) is 25.7. The second kappa shape index (κ2) is 13.9. The average Bonchev–Trinajstić information content (AvgIpc) is 3.73. The highest BCUT2D eigenvalue weighted by Crippen LogP contribution is 2.35. The summed E-state index contributed by atoms with van der Waals surface area (Å²) in [5.74, 6) is -2.15. The van der Waals surface area contributed by atoms with Gasteiger partial charge in [-0.3, -0.25) is 9.59 Å². The quantitative estimate of drug-likeness (QED) is 0.0777. The van der Waals surface area contributed by atoms with E-state index in [1.165, 1.54) is 4.90 Å². The van der Waals surface area contributed by atoms with Crippen LogP contribution in [0.1, 0.15) is 48.3 Å². The van der Waals surface area contributed by atoms with E-state index >= 15 is 0 Å². The lowest BCUT2D eigenvalue weighted by Crippen LogP contribution is -2.42. The van der Waals surface area contributed by atoms with Crippen molar-refractivity contribution in [2.45, 2.75) is 44.9 Å². The number of carboxylic acids is 1. The minimum atomic E-state index is -1.27. The average molecular weight is 635 g/mol. The fourth-order valence-corrected chi connectivity index (χ4v) is 5.88. The lowest BCUT2D eigenvalue weighted by Gasteiger charge is -2.35. The number of rotatable bonds is 12. The maximum Gasteiger partial charge on any atom is 0.307 e. The van der Waals surface area contributed by atoms with Crippen molar-refractivity contribution in [3.63, 3.8) is 0 Å². The topological polar surface area (TPSA) is 143 Å². The van der Waals surface area contributed by atoms with E-state index in [0.717, 1.165) is 33.0 Å². The summed E-state index contributed by atoms with van der Waals surface area (Å²) in [7, 11) is 0. The molecule has 0 saturated heterocycles. The fourth-order valence-electron chi connectivity index (χ4n) is 5.88. The largest absolute Gasteiger partial charge is 0.503 e. The van der Waals surface area contributed by atoms with Gasteiger partial charge < -0.3 is 29.5 Å². The van der Waals surface area contributed by atoms with Gasteiger partial charge in [0.25, 0.3) is 5.91 Å². The molecule has 47 heavy (non-hydrogen) atoms. The van der Waals surface area contributed by atoms with Gasteiger partial charge in [-0.1, -0.05) is 66.7 Å². The number of benzene rings is 4. The maximum atomic E-state index is 14.1. The third-order valence-corrected chi connectivity index (χ3v) is 8.44. The van der Waals surface area contributed by atoms with Crippen molar-refractivity contribution >= 4 is 39.8 Å². The second-order valence-corrected chi connectivity index (χ2v) is 11.5. The molecule has 0 bridgehead atoms. The van der Waals surface area contributed by atoms with E-state index in [0.29, 0.717) is 30.3 Å². The molecule has 4 aromatic carbocycles. The minimum absolute atomic E-state index is 0.108. The third kappa shape index (κ3) is 7.04. The summed E-state index contributed by atoms with van der Waals surface area (Å²) < 4.78 is 5.87. The summed E-state index contributed by atoms with van der Waals surface area (Å²) in [4.78, 5) is 42.1. The Morgan fingerprint density at radius 2 is 1.77 bits per heavy atom. The number of carboxylic acid groups (broad SMARTS) is 1. The number of carbonyl (C=O) groups excluding carboxylic acids is 1. The Bertz CT molecular complexity index is 1960. The number of nitrogens with zero attached hydrogens (tertiary/aromatic N) is 2. The summed E-state index contributed by atoms with van der Waals surface area (Å²) in [5.41, 5.74) is 3.71. The van der Waals surface area contributed by atoms with E-state index in [-0.39, 0.29) is 18.0 Å². The van der Waals surface area contributed by atoms with E-state index in [4.69, 9.17) is 14.2 Å². The van der Waals surface area contributed by atoms with Gasteiger partial charge in [0, 0.05) is 29.6 Å². The van der Waals surface area contributed by atoms with E-state index in [1.54, 1.807) is 6.08 Å². The van der Waals surface area contributed by atoms with E-state index in [1.807, 2.05) is 97.9 Å². The van der Waals surface area contributed by atoms with Crippen LogP contribution in [0, 0.1) is 0 Å².